The van der Waals surface area contributed by atoms with Gasteiger partial charge in [0.25, 0.3) is 5.91 Å². The van der Waals surface area contributed by atoms with Gasteiger partial charge in [-0.05, 0) is 87.2 Å². The molecule has 9 heteroatoms. The number of pyridine rings is 2. The molecule has 0 saturated carbocycles. The average molecular weight is 542 g/mol. The molecule has 1 amide bonds. The summed E-state index contributed by atoms with van der Waals surface area (Å²) in [5.74, 6) is -0.286. The van der Waals surface area contributed by atoms with Gasteiger partial charge >= 0.3 is 0 Å². The highest BCUT2D eigenvalue weighted by molar-refractivity contribution is 6.11. The minimum absolute atomic E-state index is 0.286. The Balaban J connectivity index is 1.14. The first-order valence-electron chi connectivity index (χ1n) is 14.2. The Morgan fingerprint density at radius 1 is 0.950 bits per heavy atom. The number of nitrogens with zero attached hydrogens (tertiary/aromatic N) is 5. The van der Waals surface area contributed by atoms with Gasteiger partial charge in [0.1, 0.15) is 5.67 Å². The van der Waals surface area contributed by atoms with E-state index in [9.17, 15) is 9.18 Å². The number of fused-ring (bicyclic) bond motifs is 1. The van der Waals surface area contributed by atoms with Crippen molar-refractivity contribution in [3.8, 4) is 11.1 Å². The van der Waals surface area contributed by atoms with Crippen LogP contribution in [0.15, 0.2) is 55.0 Å². The first-order valence-corrected chi connectivity index (χ1v) is 14.2. The van der Waals surface area contributed by atoms with Gasteiger partial charge in [0.15, 0.2) is 5.69 Å². The third-order valence-electron chi connectivity index (χ3n) is 8.13. The van der Waals surface area contributed by atoms with Crippen molar-refractivity contribution in [3.05, 3.63) is 71.9 Å². The van der Waals surface area contributed by atoms with Crippen LogP contribution in [0.5, 0.6) is 0 Å². The number of hydrogen-bond acceptors (Lipinski definition) is 6. The SMILES string of the molecule is CC1(F)CCN(Cc2cncc(-c3ccc4[nH]nc(C(=O)Nc5ccc(CN6CCCCC6)nc5)c4c3)c2)CC1. The van der Waals surface area contributed by atoms with Crippen molar-refractivity contribution in [2.24, 2.45) is 0 Å². The Labute approximate surface area is 234 Å². The highest BCUT2D eigenvalue weighted by Crippen LogP contribution is 2.29. The molecule has 5 heterocycles. The normalized spacial score (nSPS) is 18.1. The number of rotatable bonds is 7. The van der Waals surface area contributed by atoms with E-state index in [4.69, 9.17) is 0 Å². The average Bonchev–Trinajstić information content (AvgIpc) is 3.40. The van der Waals surface area contributed by atoms with E-state index < -0.39 is 5.67 Å². The Hall–Kier alpha value is -3.69. The summed E-state index contributed by atoms with van der Waals surface area (Å²) in [4.78, 5) is 26.9. The molecule has 2 saturated heterocycles. The quantitative estimate of drug-likeness (QED) is 0.317. The number of halogens is 1. The lowest BCUT2D eigenvalue weighted by molar-refractivity contribution is 0.0704. The van der Waals surface area contributed by atoms with Gasteiger partial charge in [-0.3, -0.25) is 29.7 Å². The molecule has 6 rings (SSSR count). The smallest absolute Gasteiger partial charge is 0.276 e. The fraction of sp³-hybridized carbons (Fsp3) is 0.419. The molecule has 1 aromatic carbocycles. The van der Waals surface area contributed by atoms with Gasteiger partial charge in [0, 0.05) is 49.5 Å². The molecule has 3 aromatic heterocycles. The highest BCUT2D eigenvalue weighted by atomic mass is 19.1. The molecule has 0 aliphatic carbocycles. The lowest BCUT2D eigenvalue weighted by Crippen LogP contribution is -2.39. The number of H-pyrrole nitrogens is 1. The molecule has 208 valence electrons. The third kappa shape index (κ3) is 6.21. The van der Waals surface area contributed by atoms with Crippen molar-refractivity contribution in [2.75, 3.05) is 31.5 Å². The van der Waals surface area contributed by atoms with Crippen molar-refractivity contribution >= 4 is 22.5 Å². The van der Waals surface area contributed by atoms with Gasteiger partial charge in [-0.2, -0.15) is 5.10 Å². The molecule has 2 fully saturated rings. The number of nitrogens with one attached hydrogen (secondary N) is 2. The summed E-state index contributed by atoms with van der Waals surface area (Å²) in [7, 11) is 0. The van der Waals surface area contributed by atoms with Gasteiger partial charge < -0.3 is 5.32 Å². The van der Waals surface area contributed by atoms with Crippen LogP contribution < -0.4 is 5.32 Å². The maximum Gasteiger partial charge on any atom is 0.276 e. The summed E-state index contributed by atoms with van der Waals surface area (Å²) >= 11 is 0. The standard InChI is InChI=1S/C31H36FN7O/c1-31(32)9-13-39(14-10-31)20-22-15-24(18-33-17-22)23-5-8-28-27(16-23)29(37-36-28)30(40)35-25-6-7-26(34-19-25)21-38-11-3-2-4-12-38/h5-8,15-19H,2-4,9-14,20-21H2,1H3,(H,35,40)(H,36,37). The fourth-order valence-corrected chi connectivity index (χ4v) is 5.66. The predicted molar refractivity (Wildman–Crippen MR) is 155 cm³/mol. The van der Waals surface area contributed by atoms with E-state index >= 15 is 0 Å². The lowest BCUT2D eigenvalue weighted by Gasteiger charge is -2.34. The van der Waals surface area contributed by atoms with Crippen LogP contribution in [0.25, 0.3) is 22.0 Å². The Morgan fingerprint density at radius 2 is 1.75 bits per heavy atom. The Morgan fingerprint density at radius 3 is 2.52 bits per heavy atom. The first kappa shape index (κ1) is 26.5. The highest BCUT2D eigenvalue weighted by Gasteiger charge is 2.29. The third-order valence-corrected chi connectivity index (χ3v) is 8.13. The van der Waals surface area contributed by atoms with Gasteiger partial charge in [-0.25, -0.2) is 4.39 Å². The molecular weight excluding hydrogens is 505 g/mol. The second-order valence-corrected chi connectivity index (χ2v) is 11.4. The summed E-state index contributed by atoms with van der Waals surface area (Å²) in [5, 5.41) is 11.0. The van der Waals surface area contributed by atoms with Gasteiger partial charge in [-0.1, -0.05) is 12.5 Å². The van der Waals surface area contributed by atoms with E-state index in [-0.39, 0.29) is 5.91 Å². The number of carbonyl (C=O) groups is 1. The molecule has 4 aromatic rings. The zero-order chi connectivity index (χ0) is 27.5. The van der Waals surface area contributed by atoms with Crippen LogP contribution in [-0.4, -0.2) is 67.7 Å². The predicted octanol–water partition coefficient (Wildman–Crippen LogP) is 5.58. The van der Waals surface area contributed by atoms with Gasteiger partial charge in [0.2, 0.25) is 0 Å². The van der Waals surface area contributed by atoms with E-state index in [0.717, 1.165) is 72.6 Å². The molecule has 40 heavy (non-hydrogen) atoms. The monoisotopic (exact) mass is 541 g/mol. The van der Waals surface area contributed by atoms with Crippen LogP contribution in [0.2, 0.25) is 0 Å². The molecule has 2 aliphatic rings. The molecule has 0 unspecified atom stereocenters. The number of piperidine rings is 2. The molecule has 2 aliphatic heterocycles. The maximum absolute atomic E-state index is 14.2. The number of carbonyl (C=O) groups excluding carboxylic acids is 1. The van der Waals surface area contributed by atoms with Gasteiger partial charge in [0.05, 0.1) is 23.1 Å². The van der Waals surface area contributed by atoms with Crippen molar-refractivity contribution in [2.45, 2.75) is 57.8 Å². The lowest BCUT2D eigenvalue weighted by atomic mass is 9.95. The number of likely N-dealkylation sites (tertiary alicyclic amines) is 2. The molecule has 0 bridgehead atoms. The number of alkyl halides is 1. The molecule has 0 atom stereocenters. The summed E-state index contributed by atoms with van der Waals surface area (Å²) in [6.07, 6.45) is 10.3. The number of benzene rings is 1. The molecular formula is C31H36FN7O. The van der Waals surface area contributed by atoms with E-state index in [1.54, 1.807) is 13.1 Å². The Kier molecular flexibility index (Phi) is 7.58. The maximum atomic E-state index is 14.2. The largest absolute Gasteiger partial charge is 0.319 e. The van der Waals surface area contributed by atoms with Crippen molar-refractivity contribution in [1.29, 1.82) is 0 Å². The second-order valence-electron chi connectivity index (χ2n) is 11.4. The minimum Gasteiger partial charge on any atom is -0.319 e. The van der Waals surface area contributed by atoms with Crippen LogP contribution in [0, 0.1) is 0 Å². The second kappa shape index (κ2) is 11.4. The zero-order valence-electron chi connectivity index (χ0n) is 23.0. The van der Waals surface area contributed by atoms with Crippen molar-refractivity contribution in [1.82, 2.24) is 30.0 Å². The van der Waals surface area contributed by atoms with Crippen LogP contribution >= 0.6 is 0 Å². The van der Waals surface area contributed by atoms with Crippen molar-refractivity contribution < 1.29 is 9.18 Å². The number of anilines is 1. The summed E-state index contributed by atoms with van der Waals surface area (Å²) in [6, 6.07) is 11.9. The summed E-state index contributed by atoms with van der Waals surface area (Å²) < 4.78 is 14.2. The number of amides is 1. The number of aromatic amines is 1. The van der Waals surface area contributed by atoms with Crippen LogP contribution in [-0.2, 0) is 13.1 Å². The topological polar surface area (TPSA) is 90.0 Å². The van der Waals surface area contributed by atoms with Crippen LogP contribution in [0.3, 0.4) is 0 Å². The molecule has 8 nitrogen and oxygen atoms in total. The molecule has 2 N–H and O–H groups in total. The van der Waals surface area contributed by atoms with E-state index in [2.05, 4.69) is 41.3 Å². The molecule has 0 spiro atoms. The summed E-state index contributed by atoms with van der Waals surface area (Å²) in [5.41, 5.74) is 4.71. The van der Waals surface area contributed by atoms with E-state index in [0.29, 0.717) is 24.2 Å². The Bertz CT molecular complexity index is 1470. The molecule has 0 radical (unpaired) electrons. The summed E-state index contributed by atoms with van der Waals surface area (Å²) in [6.45, 7) is 6.99. The zero-order valence-corrected chi connectivity index (χ0v) is 23.0. The first-order chi connectivity index (χ1) is 19.4. The van der Waals surface area contributed by atoms with Crippen LogP contribution in [0.4, 0.5) is 10.1 Å². The number of aromatic nitrogens is 4. The van der Waals surface area contributed by atoms with E-state index in [1.807, 2.05) is 42.7 Å². The van der Waals surface area contributed by atoms with Crippen LogP contribution in [0.1, 0.15) is 60.8 Å². The number of hydrogen-bond donors (Lipinski definition) is 2. The fourth-order valence-electron chi connectivity index (χ4n) is 5.66. The minimum atomic E-state index is -1.06. The van der Waals surface area contributed by atoms with Crippen molar-refractivity contribution in [3.63, 3.8) is 0 Å². The van der Waals surface area contributed by atoms with Gasteiger partial charge in [-0.15, -0.1) is 0 Å². The van der Waals surface area contributed by atoms with E-state index in [1.165, 1.54) is 19.3 Å².